The molecule has 0 saturated carbocycles. The van der Waals surface area contributed by atoms with Gasteiger partial charge < -0.3 is 24.1 Å². The van der Waals surface area contributed by atoms with Crippen molar-refractivity contribution < 1.29 is 23.5 Å². The fourth-order valence-corrected chi connectivity index (χ4v) is 2.94. The molecule has 30 heavy (non-hydrogen) atoms. The van der Waals surface area contributed by atoms with Gasteiger partial charge in [-0.3, -0.25) is 4.79 Å². The van der Waals surface area contributed by atoms with Gasteiger partial charge in [-0.1, -0.05) is 11.2 Å². The Hall–Kier alpha value is -3.55. The molecule has 0 aliphatic rings. The molecule has 1 N–H and O–H groups in total. The predicted octanol–water partition coefficient (Wildman–Crippen LogP) is 3.37. The number of methoxy groups -OCH3 is 2. The van der Waals surface area contributed by atoms with E-state index in [1.165, 1.54) is 0 Å². The number of nitrogens with zero attached hydrogens (tertiary/aromatic N) is 2. The lowest BCUT2D eigenvalue weighted by molar-refractivity contribution is -0.123. The number of hydrogen-bond donors (Lipinski definition) is 1. The molecule has 0 spiro atoms. The maximum absolute atomic E-state index is 12.1. The number of rotatable bonds is 8. The van der Waals surface area contributed by atoms with Gasteiger partial charge in [-0.25, -0.2) is 0 Å². The first kappa shape index (κ1) is 21.2. The smallest absolute Gasteiger partial charge is 0.258 e. The molecule has 3 aromatic rings. The van der Waals surface area contributed by atoms with Crippen molar-refractivity contribution in [3.8, 4) is 28.6 Å². The molecule has 0 saturated heterocycles. The lowest BCUT2D eigenvalue weighted by Gasteiger charge is -2.12. The number of carbonyl (C=O) groups is 1. The minimum Gasteiger partial charge on any atom is -0.493 e. The van der Waals surface area contributed by atoms with Gasteiger partial charge in [0, 0.05) is 5.56 Å². The number of hydrogen-bond acceptors (Lipinski definition) is 7. The third kappa shape index (κ3) is 4.89. The Kier molecular flexibility index (Phi) is 6.56. The quantitative estimate of drug-likeness (QED) is 0.607. The molecule has 3 rings (SSSR count). The van der Waals surface area contributed by atoms with Gasteiger partial charge in [0.1, 0.15) is 5.75 Å². The highest BCUT2D eigenvalue weighted by molar-refractivity contribution is 5.77. The van der Waals surface area contributed by atoms with E-state index in [0.717, 1.165) is 16.7 Å². The van der Waals surface area contributed by atoms with E-state index < -0.39 is 0 Å². The number of ether oxygens (including phenoxy) is 3. The van der Waals surface area contributed by atoms with Gasteiger partial charge in [-0.05, 0) is 61.7 Å². The SMILES string of the molecule is COc1ccc(-c2noc(CNC(=O)COc3cc(C)cc(C)c3C)n2)cc1OC. The van der Waals surface area contributed by atoms with Crippen LogP contribution in [-0.4, -0.2) is 36.9 Å². The summed E-state index contributed by atoms with van der Waals surface area (Å²) in [6, 6.07) is 9.32. The van der Waals surface area contributed by atoms with Crippen LogP contribution in [-0.2, 0) is 11.3 Å². The molecule has 0 radical (unpaired) electrons. The van der Waals surface area contributed by atoms with Crippen LogP contribution in [0.1, 0.15) is 22.6 Å². The van der Waals surface area contributed by atoms with Crippen LogP contribution in [0.25, 0.3) is 11.4 Å². The molecule has 1 heterocycles. The molecular formula is C22H25N3O5. The fraction of sp³-hybridized carbons (Fsp3) is 0.318. The summed E-state index contributed by atoms with van der Waals surface area (Å²) in [6.45, 7) is 5.98. The molecule has 8 heteroatoms. The van der Waals surface area contributed by atoms with Crippen molar-refractivity contribution >= 4 is 5.91 Å². The maximum atomic E-state index is 12.1. The summed E-state index contributed by atoms with van der Waals surface area (Å²) in [4.78, 5) is 16.5. The van der Waals surface area contributed by atoms with E-state index in [-0.39, 0.29) is 24.9 Å². The highest BCUT2D eigenvalue weighted by Gasteiger charge is 2.13. The van der Waals surface area contributed by atoms with Gasteiger partial charge >= 0.3 is 0 Å². The Labute approximate surface area is 175 Å². The Morgan fingerprint density at radius 2 is 1.80 bits per heavy atom. The maximum Gasteiger partial charge on any atom is 0.258 e. The molecule has 0 atom stereocenters. The van der Waals surface area contributed by atoms with Gasteiger partial charge in [0.05, 0.1) is 20.8 Å². The van der Waals surface area contributed by atoms with E-state index in [4.69, 9.17) is 18.7 Å². The second kappa shape index (κ2) is 9.30. The van der Waals surface area contributed by atoms with Gasteiger partial charge in [0.25, 0.3) is 5.91 Å². The third-order valence-electron chi connectivity index (χ3n) is 4.67. The molecule has 0 aliphatic heterocycles. The van der Waals surface area contributed by atoms with E-state index in [1.807, 2.05) is 26.8 Å². The Balaban J connectivity index is 1.57. The molecule has 8 nitrogen and oxygen atoms in total. The van der Waals surface area contributed by atoms with Crippen LogP contribution in [0, 0.1) is 20.8 Å². The monoisotopic (exact) mass is 411 g/mol. The largest absolute Gasteiger partial charge is 0.493 e. The molecule has 0 aliphatic carbocycles. The molecule has 0 fully saturated rings. The summed E-state index contributed by atoms with van der Waals surface area (Å²) in [7, 11) is 3.12. The lowest BCUT2D eigenvalue weighted by Crippen LogP contribution is -2.28. The fourth-order valence-electron chi connectivity index (χ4n) is 2.94. The summed E-state index contributed by atoms with van der Waals surface area (Å²) in [5, 5.41) is 6.67. The van der Waals surface area contributed by atoms with E-state index in [2.05, 4.69) is 21.5 Å². The Bertz CT molecular complexity index is 1050. The van der Waals surface area contributed by atoms with E-state index in [0.29, 0.717) is 28.6 Å². The number of carbonyl (C=O) groups excluding carboxylic acids is 1. The molecule has 158 valence electrons. The number of aromatic nitrogens is 2. The van der Waals surface area contributed by atoms with E-state index in [9.17, 15) is 4.79 Å². The van der Waals surface area contributed by atoms with Crippen LogP contribution in [0.2, 0.25) is 0 Å². The molecule has 0 unspecified atom stereocenters. The molecule has 1 amide bonds. The first-order valence-electron chi connectivity index (χ1n) is 9.43. The highest BCUT2D eigenvalue weighted by atomic mass is 16.5. The van der Waals surface area contributed by atoms with Crippen molar-refractivity contribution in [2.45, 2.75) is 27.3 Å². The van der Waals surface area contributed by atoms with Crippen LogP contribution in [0.3, 0.4) is 0 Å². The third-order valence-corrected chi connectivity index (χ3v) is 4.67. The summed E-state index contributed by atoms with van der Waals surface area (Å²) < 4.78 is 21.4. The first-order valence-corrected chi connectivity index (χ1v) is 9.43. The topological polar surface area (TPSA) is 95.7 Å². The average Bonchev–Trinajstić information content (AvgIpc) is 3.22. The molecular weight excluding hydrogens is 386 g/mol. The second-order valence-corrected chi connectivity index (χ2v) is 6.85. The van der Waals surface area contributed by atoms with Gasteiger partial charge in [0.15, 0.2) is 18.1 Å². The van der Waals surface area contributed by atoms with Crippen LogP contribution in [0.5, 0.6) is 17.2 Å². The van der Waals surface area contributed by atoms with Gasteiger partial charge in [0.2, 0.25) is 11.7 Å². The van der Waals surface area contributed by atoms with Crippen molar-refractivity contribution in [1.29, 1.82) is 0 Å². The summed E-state index contributed by atoms with van der Waals surface area (Å²) in [5.74, 6) is 2.28. The van der Waals surface area contributed by atoms with Crippen molar-refractivity contribution in [3.05, 3.63) is 52.9 Å². The average molecular weight is 411 g/mol. The van der Waals surface area contributed by atoms with Crippen LogP contribution < -0.4 is 19.5 Å². The zero-order valence-corrected chi connectivity index (χ0v) is 17.7. The van der Waals surface area contributed by atoms with Crippen molar-refractivity contribution in [1.82, 2.24) is 15.5 Å². The lowest BCUT2D eigenvalue weighted by atomic mass is 10.1. The van der Waals surface area contributed by atoms with E-state index in [1.54, 1.807) is 32.4 Å². The zero-order valence-electron chi connectivity index (χ0n) is 17.7. The van der Waals surface area contributed by atoms with Crippen LogP contribution >= 0.6 is 0 Å². The summed E-state index contributed by atoms with van der Waals surface area (Å²) in [5.41, 5.74) is 3.94. The van der Waals surface area contributed by atoms with Crippen molar-refractivity contribution in [2.24, 2.45) is 0 Å². The molecule has 0 bridgehead atoms. The predicted molar refractivity (Wildman–Crippen MR) is 111 cm³/mol. The minimum atomic E-state index is -0.278. The first-order chi connectivity index (χ1) is 14.4. The Morgan fingerprint density at radius 3 is 2.53 bits per heavy atom. The standard InChI is InChI=1S/C22H25N3O5/c1-13-8-14(2)15(3)18(9-13)29-12-20(26)23-11-21-24-22(25-30-21)16-6-7-17(27-4)19(10-16)28-5/h6-10H,11-12H2,1-5H3,(H,23,26). The van der Waals surface area contributed by atoms with Gasteiger partial charge in [-0.2, -0.15) is 4.98 Å². The number of amides is 1. The number of benzene rings is 2. The highest BCUT2D eigenvalue weighted by Crippen LogP contribution is 2.31. The summed E-state index contributed by atoms with van der Waals surface area (Å²) in [6.07, 6.45) is 0. The second-order valence-electron chi connectivity index (χ2n) is 6.85. The minimum absolute atomic E-state index is 0.0968. The van der Waals surface area contributed by atoms with Gasteiger partial charge in [-0.15, -0.1) is 0 Å². The number of aryl methyl sites for hydroxylation is 2. The normalized spacial score (nSPS) is 10.6. The summed E-state index contributed by atoms with van der Waals surface area (Å²) >= 11 is 0. The number of nitrogens with one attached hydrogen (secondary N) is 1. The van der Waals surface area contributed by atoms with Crippen molar-refractivity contribution in [3.63, 3.8) is 0 Å². The molecule has 1 aromatic heterocycles. The van der Waals surface area contributed by atoms with E-state index >= 15 is 0 Å². The van der Waals surface area contributed by atoms with Crippen molar-refractivity contribution in [2.75, 3.05) is 20.8 Å². The van der Waals surface area contributed by atoms with Crippen LogP contribution in [0.15, 0.2) is 34.9 Å². The zero-order chi connectivity index (χ0) is 21.7. The van der Waals surface area contributed by atoms with Crippen LogP contribution in [0.4, 0.5) is 0 Å². The Morgan fingerprint density at radius 1 is 1.03 bits per heavy atom. The molecule has 2 aromatic carbocycles.